The fraction of sp³-hybridized carbons (Fsp3) is 0.467. The van der Waals surface area contributed by atoms with E-state index in [4.69, 9.17) is 0 Å². The Morgan fingerprint density at radius 1 is 1.26 bits per heavy atom. The SMILES string of the molecule is O=c1c2ccccc2cnn1CCC1CCNCC1. The Bertz CT molecular complexity index is 614. The summed E-state index contributed by atoms with van der Waals surface area (Å²) in [5.74, 6) is 0.724. The van der Waals surface area contributed by atoms with Crippen LogP contribution in [0.25, 0.3) is 10.8 Å². The molecule has 2 heterocycles. The number of nitrogens with zero attached hydrogens (tertiary/aromatic N) is 2. The van der Waals surface area contributed by atoms with E-state index < -0.39 is 0 Å². The molecule has 0 radical (unpaired) electrons. The number of nitrogens with one attached hydrogen (secondary N) is 1. The molecule has 1 aromatic carbocycles. The highest BCUT2D eigenvalue weighted by Crippen LogP contribution is 2.16. The van der Waals surface area contributed by atoms with Crippen LogP contribution in [0.1, 0.15) is 19.3 Å². The molecule has 2 aromatic rings. The van der Waals surface area contributed by atoms with Crippen LogP contribution in [0.15, 0.2) is 35.3 Å². The van der Waals surface area contributed by atoms with E-state index in [0.29, 0.717) is 0 Å². The zero-order valence-corrected chi connectivity index (χ0v) is 11.0. The van der Waals surface area contributed by atoms with Gasteiger partial charge in [-0.05, 0) is 44.3 Å². The number of piperidine rings is 1. The van der Waals surface area contributed by atoms with Crippen LogP contribution >= 0.6 is 0 Å². The molecule has 1 aliphatic rings. The van der Waals surface area contributed by atoms with Gasteiger partial charge in [-0.15, -0.1) is 0 Å². The van der Waals surface area contributed by atoms with Gasteiger partial charge in [-0.2, -0.15) is 5.10 Å². The van der Waals surface area contributed by atoms with Crippen molar-refractivity contribution in [1.82, 2.24) is 15.1 Å². The van der Waals surface area contributed by atoms with Crippen LogP contribution in [0.5, 0.6) is 0 Å². The molecule has 1 aromatic heterocycles. The number of hydrogen-bond donors (Lipinski definition) is 1. The van der Waals surface area contributed by atoms with Crippen molar-refractivity contribution in [3.8, 4) is 0 Å². The van der Waals surface area contributed by atoms with Crippen molar-refractivity contribution in [3.05, 3.63) is 40.8 Å². The Morgan fingerprint density at radius 2 is 2.05 bits per heavy atom. The van der Waals surface area contributed by atoms with Crippen molar-refractivity contribution < 1.29 is 0 Å². The first kappa shape index (κ1) is 12.4. The molecule has 0 atom stereocenters. The van der Waals surface area contributed by atoms with E-state index in [1.165, 1.54) is 12.8 Å². The average Bonchev–Trinajstić information content (AvgIpc) is 2.48. The molecule has 1 N–H and O–H groups in total. The minimum absolute atomic E-state index is 0.0343. The summed E-state index contributed by atoms with van der Waals surface area (Å²) in [5.41, 5.74) is 0.0343. The number of aromatic nitrogens is 2. The first-order valence-corrected chi connectivity index (χ1v) is 7.00. The molecule has 0 amide bonds. The van der Waals surface area contributed by atoms with Gasteiger partial charge in [-0.1, -0.05) is 18.2 Å². The van der Waals surface area contributed by atoms with Gasteiger partial charge in [-0.3, -0.25) is 4.79 Å². The van der Waals surface area contributed by atoms with Crippen LogP contribution in [0.2, 0.25) is 0 Å². The fourth-order valence-electron chi connectivity index (χ4n) is 2.76. The first-order chi connectivity index (χ1) is 9.34. The lowest BCUT2D eigenvalue weighted by Crippen LogP contribution is -2.30. The average molecular weight is 257 g/mol. The van der Waals surface area contributed by atoms with Crippen LogP contribution in [0.3, 0.4) is 0 Å². The Morgan fingerprint density at radius 3 is 2.89 bits per heavy atom. The summed E-state index contributed by atoms with van der Waals surface area (Å²) in [5, 5.41) is 9.33. The highest BCUT2D eigenvalue weighted by atomic mass is 16.1. The van der Waals surface area contributed by atoms with Gasteiger partial charge in [0, 0.05) is 11.9 Å². The van der Waals surface area contributed by atoms with E-state index in [2.05, 4.69) is 10.4 Å². The van der Waals surface area contributed by atoms with Crippen molar-refractivity contribution in [2.45, 2.75) is 25.8 Å². The second kappa shape index (κ2) is 5.53. The Hall–Kier alpha value is -1.68. The number of rotatable bonds is 3. The lowest BCUT2D eigenvalue weighted by atomic mass is 9.95. The highest BCUT2D eigenvalue weighted by molar-refractivity contribution is 5.80. The monoisotopic (exact) mass is 257 g/mol. The number of hydrogen-bond acceptors (Lipinski definition) is 3. The minimum Gasteiger partial charge on any atom is -0.317 e. The highest BCUT2D eigenvalue weighted by Gasteiger charge is 2.13. The molecule has 1 fully saturated rings. The lowest BCUT2D eigenvalue weighted by Gasteiger charge is -2.22. The Labute approximate surface area is 112 Å². The molecule has 19 heavy (non-hydrogen) atoms. The van der Waals surface area contributed by atoms with Crippen molar-refractivity contribution in [2.75, 3.05) is 13.1 Å². The van der Waals surface area contributed by atoms with Gasteiger partial charge in [0.05, 0.1) is 11.6 Å². The molecule has 4 heteroatoms. The predicted octanol–water partition coefficient (Wildman–Crippen LogP) is 1.79. The van der Waals surface area contributed by atoms with Crippen molar-refractivity contribution in [3.63, 3.8) is 0 Å². The maximum absolute atomic E-state index is 12.3. The van der Waals surface area contributed by atoms with Crippen LogP contribution < -0.4 is 10.9 Å². The van der Waals surface area contributed by atoms with Crippen molar-refractivity contribution >= 4 is 10.8 Å². The molecule has 0 saturated carbocycles. The quantitative estimate of drug-likeness (QED) is 0.912. The zero-order valence-electron chi connectivity index (χ0n) is 11.0. The summed E-state index contributed by atoms with van der Waals surface area (Å²) in [6.07, 6.45) is 5.26. The van der Waals surface area contributed by atoms with E-state index in [1.54, 1.807) is 10.9 Å². The van der Waals surface area contributed by atoms with E-state index in [1.807, 2.05) is 24.3 Å². The molecule has 0 spiro atoms. The smallest absolute Gasteiger partial charge is 0.274 e. The summed E-state index contributed by atoms with van der Waals surface area (Å²) >= 11 is 0. The summed E-state index contributed by atoms with van der Waals surface area (Å²) in [7, 11) is 0. The molecule has 0 bridgehead atoms. The molecular weight excluding hydrogens is 238 g/mol. The maximum atomic E-state index is 12.3. The molecule has 1 aliphatic heterocycles. The van der Waals surface area contributed by atoms with E-state index in [-0.39, 0.29) is 5.56 Å². The van der Waals surface area contributed by atoms with Crippen molar-refractivity contribution in [1.29, 1.82) is 0 Å². The van der Waals surface area contributed by atoms with Crippen LogP contribution in [-0.4, -0.2) is 22.9 Å². The topological polar surface area (TPSA) is 46.9 Å². The molecular formula is C15H19N3O. The van der Waals surface area contributed by atoms with Gasteiger partial charge in [-0.25, -0.2) is 4.68 Å². The molecule has 0 aliphatic carbocycles. The number of aryl methyl sites for hydroxylation is 1. The first-order valence-electron chi connectivity index (χ1n) is 7.00. The largest absolute Gasteiger partial charge is 0.317 e. The van der Waals surface area contributed by atoms with E-state index >= 15 is 0 Å². The van der Waals surface area contributed by atoms with Gasteiger partial charge in [0.15, 0.2) is 0 Å². The molecule has 0 unspecified atom stereocenters. The second-order valence-electron chi connectivity index (χ2n) is 5.24. The molecule has 4 nitrogen and oxygen atoms in total. The van der Waals surface area contributed by atoms with E-state index in [9.17, 15) is 4.79 Å². The molecule has 100 valence electrons. The third-order valence-corrected chi connectivity index (χ3v) is 3.97. The molecule has 3 rings (SSSR count). The summed E-state index contributed by atoms with van der Waals surface area (Å²) < 4.78 is 1.62. The minimum atomic E-state index is 0.0343. The summed E-state index contributed by atoms with van der Waals surface area (Å²) in [6, 6.07) is 7.64. The Kier molecular flexibility index (Phi) is 3.60. The van der Waals surface area contributed by atoms with Crippen LogP contribution in [0.4, 0.5) is 0 Å². The van der Waals surface area contributed by atoms with Gasteiger partial charge in [0.1, 0.15) is 0 Å². The van der Waals surface area contributed by atoms with Crippen LogP contribution in [0, 0.1) is 5.92 Å². The number of fused-ring (bicyclic) bond motifs is 1. The Balaban J connectivity index is 1.77. The molecule has 1 saturated heterocycles. The normalized spacial score (nSPS) is 16.8. The third kappa shape index (κ3) is 2.68. The number of benzene rings is 1. The third-order valence-electron chi connectivity index (χ3n) is 3.97. The lowest BCUT2D eigenvalue weighted by molar-refractivity contribution is 0.329. The predicted molar refractivity (Wildman–Crippen MR) is 76.2 cm³/mol. The standard InChI is InChI=1S/C15H19N3O/c19-15-14-4-2-1-3-13(14)11-17-18(15)10-7-12-5-8-16-9-6-12/h1-4,11-12,16H,5-10H2. The van der Waals surface area contributed by atoms with E-state index in [0.717, 1.165) is 42.7 Å². The summed E-state index contributed by atoms with van der Waals surface area (Å²) in [4.78, 5) is 12.3. The fourth-order valence-corrected chi connectivity index (χ4v) is 2.76. The van der Waals surface area contributed by atoms with Gasteiger partial charge >= 0.3 is 0 Å². The summed E-state index contributed by atoms with van der Waals surface area (Å²) in [6.45, 7) is 2.93. The maximum Gasteiger partial charge on any atom is 0.274 e. The van der Waals surface area contributed by atoms with Gasteiger partial charge in [0.25, 0.3) is 5.56 Å². The van der Waals surface area contributed by atoms with Gasteiger partial charge in [0.2, 0.25) is 0 Å². The van der Waals surface area contributed by atoms with Crippen molar-refractivity contribution in [2.24, 2.45) is 5.92 Å². The zero-order chi connectivity index (χ0) is 13.1. The second-order valence-corrected chi connectivity index (χ2v) is 5.24. The van der Waals surface area contributed by atoms with Gasteiger partial charge < -0.3 is 5.32 Å². The van der Waals surface area contributed by atoms with Crippen LogP contribution in [-0.2, 0) is 6.54 Å².